The number of halogens is 2. The molecule has 1 fully saturated rings. The highest BCUT2D eigenvalue weighted by atomic mass is 35.5. The minimum atomic E-state index is -0.733. The Morgan fingerprint density at radius 1 is 0.711 bits per heavy atom. The third-order valence-electron chi connectivity index (χ3n) is 6.48. The molecule has 3 aromatic carbocycles. The molecule has 1 aliphatic heterocycles. The molecule has 0 bridgehead atoms. The molecule has 4 amide bonds. The molecule has 0 atom stereocenters. The molecule has 0 N–H and O–H groups in total. The van der Waals surface area contributed by atoms with Crippen LogP contribution in [0.1, 0.15) is 22.5 Å². The number of para-hydroxylation sites is 1. The molecule has 4 aromatic rings. The Hall–Kier alpha value is -4.13. The van der Waals surface area contributed by atoms with Gasteiger partial charge in [-0.05, 0) is 80.9 Å². The second kappa shape index (κ2) is 9.97. The smallest absolute Gasteiger partial charge is 0.316 e. The maximum Gasteiger partial charge on any atom is 0.343 e. The second-order valence-electron chi connectivity index (χ2n) is 9.05. The Morgan fingerprint density at radius 3 is 1.95 bits per heavy atom. The minimum absolute atomic E-state index is 0.133. The fourth-order valence-corrected chi connectivity index (χ4v) is 4.94. The van der Waals surface area contributed by atoms with Gasteiger partial charge in [-0.25, -0.2) is 14.6 Å². The highest BCUT2D eigenvalue weighted by molar-refractivity contribution is 6.46. The number of rotatable bonds is 4. The van der Waals surface area contributed by atoms with E-state index in [-0.39, 0.29) is 5.57 Å². The van der Waals surface area contributed by atoms with Crippen molar-refractivity contribution in [3.05, 3.63) is 117 Å². The van der Waals surface area contributed by atoms with E-state index in [1.54, 1.807) is 60.7 Å². The molecule has 0 spiro atoms. The lowest BCUT2D eigenvalue weighted by Crippen LogP contribution is -2.57. The number of hydrogen-bond acceptors (Lipinski definition) is 3. The molecule has 1 aliphatic rings. The summed E-state index contributed by atoms with van der Waals surface area (Å²) in [4.78, 5) is 43.1. The number of amides is 4. The van der Waals surface area contributed by atoms with Crippen LogP contribution in [0.2, 0.25) is 10.0 Å². The van der Waals surface area contributed by atoms with Crippen molar-refractivity contribution in [2.45, 2.75) is 20.8 Å². The second-order valence-corrected chi connectivity index (χ2v) is 9.89. The van der Waals surface area contributed by atoms with Crippen molar-refractivity contribution in [1.82, 2.24) is 4.57 Å². The largest absolute Gasteiger partial charge is 0.343 e. The average Bonchev–Trinajstić information content (AvgIpc) is 3.17. The predicted octanol–water partition coefficient (Wildman–Crippen LogP) is 7.29. The number of benzene rings is 3. The Balaban J connectivity index is 1.67. The third-order valence-corrected chi connectivity index (χ3v) is 7.03. The van der Waals surface area contributed by atoms with Gasteiger partial charge in [-0.2, -0.15) is 0 Å². The van der Waals surface area contributed by atoms with E-state index in [2.05, 4.69) is 0 Å². The summed E-state index contributed by atoms with van der Waals surface area (Å²) in [6.07, 6.45) is 1.53. The quantitative estimate of drug-likeness (QED) is 0.200. The van der Waals surface area contributed by atoms with Crippen LogP contribution in [-0.2, 0) is 9.59 Å². The van der Waals surface area contributed by atoms with Gasteiger partial charge in [0.1, 0.15) is 5.57 Å². The van der Waals surface area contributed by atoms with E-state index < -0.39 is 17.8 Å². The van der Waals surface area contributed by atoms with Crippen LogP contribution in [0.4, 0.5) is 16.2 Å². The molecule has 5 rings (SSSR count). The van der Waals surface area contributed by atoms with Crippen molar-refractivity contribution < 1.29 is 14.4 Å². The van der Waals surface area contributed by atoms with Gasteiger partial charge in [0.2, 0.25) is 0 Å². The van der Waals surface area contributed by atoms with Gasteiger partial charge in [0.25, 0.3) is 11.8 Å². The van der Waals surface area contributed by atoms with E-state index >= 15 is 0 Å². The van der Waals surface area contributed by atoms with Crippen LogP contribution in [0.5, 0.6) is 0 Å². The number of hydrogen-bond donors (Lipinski definition) is 0. The molecule has 1 aromatic heterocycles. The topological polar surface area (TPSA) is 62.6 Å². The first-order chi connectivity index (χ1) is 18.2. The van der Waals surface area contributed by atoms with Crippen LogP contribution in [0.15, 0.2) is 84.4 Å². The summed E-state index contributed by atoms with van der Waals surface area (Å²) < 4.78 is 1.91. The molecule has 190 valence electrons. The van der Waals surface area contributed by atoms with E-state index in [1.165, 1.54) is 6.08 Å². The zero-order chi connectivity index (χ0) is 27.1. The molecule has 0 unspecified atom stereocenters. The number of nitrogens with zero attached hydrogens (tertiary/aromatic N) is 3. The maximum atomic E-state index is 13.7. The van der Waals surface area contributed by atoms with Crippen LogP contribution >= 0.6 is 23.2 Å². The highest BCUT2D eigenvalue weighted by Gasteiger charge is 2.43. The normalized spacial score (nSPS) is 15.1. The lowest BCUT2D eigenvalue weighted by molar-refractivity contribution is -0.121. The van der Waals surface area contributed by atoms with Crippen LogP contribution in [-0.4, -0.2) is 22.4 Å². The number of carbonyl (C=O) groups excluding carboxylic acids is 3. The molecule has 2 heterocycles. The van der Waals surface area contributed by atoms with Crippen molar-refractivity contribution in [2.75, 3.05) is 9.80 Å². The third kappa shape index (κ3) is 4.42. The SMILES string of the molecule is Cc1ccc(N2C(=O)/C(=C/c3cc(C)n(-c4cc(Cl)ccc4Cl)c3C)C(=O)N(c3ccccc3)C2=O)cc1. The summed E-state index contributed by atoms with van der Waals surface area (Å²) in [6, 6.07) is 21.9. The first-order valence-corrected chi connectivity index (χ1v) is 12.6. The van der Waals surface area contributed by atoms with E-state index in [0.717, 1.165) is 26.8 Å². The summed E-state index contributed by atoms with van der Waals surface area (Å²) in [5, 5.41) is 1.03. The first-order valence-electron chi connectivity index (χ1n) is 11.9. The lowest BCUT2D eigenvalue weighted by Gasteiger charge is -2.34. The number of aryl methyl sites for hydroxylation is 2. The summed E-state index contributed by atoms with van der Waals surface area (Å²) in [5.41, 5.74) is 4.50. The number of barbiturate groups is 1. The number of aromatic nitrogens is 1. The standard InChI is InChI=1S/C30H23Cl2N3O3/c1-18-9-12-24(13-10-18)35-29(37)25(28(36)34(30(35)38)23-7-5-4-6-8-23)16-21-15-19(2)33(20(21)3)27-17-22(31)11-14-26(27)32/h4-17H,1-3H3/b25-16+. The van der Waals surface area contributed by atoms with Crippen LogP contribution in [0.3, 0.4) is 0 Å². The first kappa shape index (κ1) is 25.5. The van der Waals surface area contributed by atoms with Crippen molar-refractivity contribution in [2.24, 2.45) is 0 Å². The molecule has 38 heavy (non-hydrogen) atoms. The number of anilines is 2. The highest BCUT2D eigenvalue weighted by Crippen LogP contribution is 2.33. The van der Waals surface area contributed by atoms with Gasteiger partial charge in [0, 0.05) is 16.4 Å². The molecule has 6 nitrogen and oxygen atoms in total. The molecule has 1 saturated heterocycles. The zero-order valence-corrected chi connectivity index (χ0v) is 22.4. The fraction of sp³-hybridized carbons (Fsp3) is 0.100. The molecule has 8 heteroatoms. The van der Waals surface area contributed by atoms with Gasteiger partial charge in [-0.3, -0.25) is 9.59 Å². The summed E-state index contributed by atoms with van der Waals surface area (Å²) in [5.74, 6) is -1.39. The molecular weight excluding hydrogens is 521 g/mol. The lowest BCUT2D eigenvalue weighted by atomic mass is 10.0. The monoisotopic (exact) mass is 543 g/mol. The number of urea groups is 1. The molecule has 0 aliphatic carbocycles. The van der Waals surface area contributed by atoms with Crippen molar-refractivity contribution >= 4 is 58.5 Å². The van der Waals surface area contributed by atoms with E-state index in [9.17, 15) is 14.4 Å². The molecule has 0 radical (unpaired) electrons. The molecular formula is C30H23Cl2N3O3. The van der Waals surface area contributed by atoms with Crippen LogP contribution < -0.4 is 9.80 Å². The Morgan fingerprint density at radius 2 is 1.32 bits per heavy atom. The molecule has 0 saturated carbocycles. The van der Waals surface area contributed by atoms with E-state index in [1.807, 2.05) is 43.5 Å². The van der Waals surface area contributed by atoms with Gasteiger partial charge in [0.15, 0.2) is 0 Å². The van der Waals surface area contributed by atoms with Gasteiger partial charge >= 0.3 is 6.03 Å². The summed E-state index contributed by atoms with van der Waals surface area (Å²) >= 11 is 12.7. The Labute approximate surface area is 230 Å². The number of carbonyl (C=O) groups is 3. The van der Waals surface area contributed by atoms with Gasteiger partial charge < -0.3 is 4.57 Å². The fourth-order valence-electron chi connectivity index (χ4n) is 4.57. The van der Waals surface area contributed by atoms with Gasteiger partial charge in [-0.15, -0.1) is 0 Å². The van der Waals surface area contributed by atoms with Crippen molar-refractivity contribution in [3.63, 3.8) is 0 Å². The average molecular weight is 544 g/mol. The van der Waals surface area contributed by atoms with Crippen LogP contribution in [0, 0.1) is 20.8 Å². The van der Waals surface area contributed by atoms with Gasteiger partial charge in [0.05, 0.1) is 22.1 Å². The van der Waals surface area contributed by atoms with Gasteiger partial charge in [-0.1, -0.05) is 59.1 Å². The van der Waals surface area contributed by atoms with E-state index in [4.69, 9.17) is 23.2 Å². The zero-order valence-electron chi connectivity index (χ0n) is 20.9. The summed E-state index contributed by atoms with van der Waals surface area (Å²) in [6.45, 7) is 5.68. The van der Waals surface area contributed by atoms with Crippen molar-refractivity contribution in [1.29, 1.82) is 0 Å². The van der Waals surface area contributed by atoms with Crippen LogP contribution in [0.25, 0.3) is 11.8 Å². The maximum absolute atomic E-state index is 13.7. The van der Waals surface area contributed by atoms with Crippen molar-refractivity contribution in [3.8, 4) is 5.69 Å². The Bertz CT molecular complexity index is 1620. The number of imide groups is 2. The predicted molar refractivity (Wildman–Crippen MR) is 151 cm³/mol. The Kier molecular flexibility index (Phi) is 6.69. The minimum Gasteiger partial charge on any atom is -0.316 e. The summed E-state index contributed by atoms with van der Waals surface area (Å²) in [7, 11) is 0. The van der Waals surface area contributed by atoms with E-state index in [0.29, 0.717) is 32.7 Å².